The van der Waals surface area contributed by atoms with E-state index in [4.69, 9.17) is 0 Å². The van der Waals surface area contributed by atoms with Gasteiger partial charge in [-0.3, -0.25) is 0 Å². The fourth-order valence-electron chi connectivity index (χ4n) is 3.09. The molecule has 1 aromatic rings. The molecule has 0 spiro atoms. The van der Waals surface area contributed by atoms with Crippen molar-refractivity contribution >= 4 is 0 Å². The summed E-state index contributed by atoms with van der Waals surface area (Å²) in [5.41, 5.74) is 0.509. The topological polar surface area (TPSA) is 12.0 Å². The van der Waals surface area contributed by atoms with Gasteiger partial charge in [0.15, 0.2) is 0 Å². The van der Waals surface area contributed by atoms with Crippen LogP contribution in [0, 0.1) is 23.5 Å². The third-order valence-electron chi connectivity index (χ3n) is 4.11. The van der Waals surface area contributed by atoms with Crippen LogP contribution >= 0.6 is 0 Å². The normalized spacial score (nSPS) is 28.3. The molecule has 1 saturated carbocycles. The molecule has 0 aliphatic heterocycles. The van der Waals surface area contributed by atoms with Crippen LogP contribution in [0.25, 0.3) is 0 Å². The molecular weight excluding hydrogens is 232 g/mol. The SMILES string of the molecule is CNC1CCC(C)CC1Cc1cc(F)ccc1F. The van der Waals surface area contributed by atoms with Crippen LogP contribution in [-0.4, -0.2) is 13.1 Å². The van der Waals surface area contributed by atoms with Gasteiger partial charge in [0, 0.05) is 6.04 Å². The van der Waals surface area contributed by atoms with Crippen LogP contribution in [0.3, 0.4) is 0 Å². The van der Waals surface area contributed by atoms with Crippen molar-refractivity contribution in [1.29, 1.82) is 0 Å². The standard InChI is InChI=1S/C15H21F2N/c1-10-3-6-15(18-2)12(7-10)8-11-9-13(16)4-5-14(11)17/h4-5,9-10,12,15,18H,3,6-8H2,1-2H3. The van der Waals surface area contributed by atoms with E-state index in [0.717, 1.165) is 12.8 Å². The molecule has 0 aromatic heterocycles. The highest BCUT2D eigenvalue weighted by molar-refractivity contribution is 5.19. The number of nitrogens with one attached hydrogen (secondary N) is 1. The molecule has 18 heavy (non-hydrogen) atoms. The number of hydrogen-bond donors (Lipinski definition) is 1. The van der Waals surface area contributed by atoms with Gasteiger partial charge in [-0.1, -0.05) is 6.92 Å². The van der Waals surface area contributed by atoms with Crippen molar-refractivity contribution < 1.29 is 8.78 Å². The van der Waals surface area contributed by atoms with Crippen molar-refractivity contribution in [3.63, 3.8) is 0 Å². The monoisotopic (exact) mass is 253 g/mol. The van der Waals surface area contributed by atoms with Gasteiger partial charge >= 0.3 is 0 Å². The summed E-state index contributed by atoms with van der Waals surface area (Å²) in [5.74, 6) is 0.437. The fraction of sp³-hybridized carbons (Fsp3) is 0.600. The van der Waals surface area contributed by atoms with Crippen LogP contribution < -0.4 is 5.32 Å². The largest absolute Gasteiger partial charge is 0.317 e. The lowest BCUT2D eigenvalue weighted by Crippen LogP contribution is -2.39. The highest BCUT2D eigenvalue weighted by atomic mass is 19.1. The molecule has 1 aliphatic rings. The van der Waals surface area contributed by atoms with Crippen LogP contribution in [0.1, 0.15) is 31.7 Å². The van der Waals surface area contributed by atoms with Gasteiger partial charge in [-0.05, 0) is 68.3 Å². The minimum absolute atomic E-state index is 0.288. The molecule has 1 aliphatic carbocycles. The Labute approximate surface area is 108 Å². The summed E-state index contributed by atoms with van der Waals surface area (Å²) in [4.78, 5) is 0. The molecule has 3 heteroatoms. The lowest BCUT2D eigenvalue weighted by molar-refractivity contribution is 0.219. The van der Waals surface area contributed by atoms with E-state index in [1.165, 1.54) is 24.6 Å². The molecule has 1 fully saturated rings. The quantitative estimate of drug-likeness (QED) is 0.869. The summed E-state index contributed by atoms with van der Waals surface area (Å²) >= 11 is 0. The van der Waals surface area contributed by atoms with Gasteiger partial charge < -0.3 is 5.32 Å². The molecule has 3 atom stereocenters. The molecule has 0 saturated heterocycles. The van der Waals surface area contributed by atoms with Crippen LogP contribution in [-0.2, 0) is 6.42 Å². The second-order valence-corrected chi connectivity index (χ2v) is 5.51. The van der Waals surface area contributed by atoms with Crippen LogP contribution in [0.4, 0.5) is 8.78 Å². The van der Waals surface area contributed by atoms with Crippen LogP contribution in [0.15, 0.2) is 18.2 Å². The zero-order chi connectivity index (χ0) is 13.1. The first-order valence-electron chi connectivity index (χ1n) is 6.71. The first-order valence-corrected chi connectivity index (χ1v) is 6.71. The predicted octanol–water partition coefficient (Wildman–Crippen LogP) is 3.53. The summed E-state index contributed by atoms with van der Waals surface area (Å²) in [7, 11) is 1.95. The highest BCUT2D eigenvalue weighted by Crippen LogP contribution is 2.32. The summed E-state index contributed by atoms with van der Waals surface area (Å²) in [6.07, 6.45) is 4.05. The Morgan fingerprint density at radius 2 is 2.06 bits per heavy atom. The Balaban J connectivity index is 2.12. The van der Waals surface area contributed by atoms with E-state index in [0.29, 0.717) is 29.9 Å². The maximum absolute atomic E-state index is 13.7. The average Bonchev–Trinajstić information content (AvgIpc) is 2.34. The Bertz CT molecular complexity index is 405. The first kappa shape index (κ1) is 13.5. The fourth-order valence-corrected chi connectivity index (χ4v) is 3.09. The molecule has 0 heterocycles. The summed E-state index contributed by atoms with van der Waals surface area (Å²) in [6.45, 7) is 2.24. The Morgan fingerprint density at radius 1 is 1.28 bits per heavy atom. The van der Waals surface area contributed by atoms with E-state index in [2.05, 4.69) is 12.2 Å². The van der Waals surface area contributed by atoms with Gasteiger partial charge in [0.1, 0.15) is 11.6 Å². The van der Waals surface area contributed by atoms with Gasteiger partial charge in [0.25, 0.3) is 0 Å². The molecule has 0 amide bonds. The molecule has 0 radical (unpaired) electrons. The molecule has 0 bridgehead atoms. The second kappa shape index (κ2) is 5.79. The zero-order valence-electron chi connectivity index (χ0n) is 11.0. The smallest absolute Gasteiger partial charge is 0.126 e. The van der Waals surface area contributed by atoms with Crippen molar-refractivity contribution in [3.05, 3.63) is 35.4 Å². The van der Waals surface area contributed by atoms with Crippen LogP contribution in [0.5, 0.6) is 0 Å². The van der Waals surface area contributed by atoms with Crippen molar-refractivity contribution in [2.45, 2.75) is 38.6 Å². The Hall–Kier alpha value is -0.960. The number of rotatable bonds is 3. The molecule has 100 valence electrons. The van der Waals surface area contributed by atoms with E-state index < -0.39 is 0 Å². The van der Waals surface area contributed by atoms with Crippen molar-refractivity contribution in [3.8, 4) is 0 Å². The summed E-state index contributed by atoms with van der Waals surface area (Å²) in [5, 5.41) is 3.31. The van der Waals surface area contributed by atoms with Crippen molar-refractivity contribution in [2.75, 3.05) is 7.05 Å². The van der Waals surface area contributed by atoms with E-state index in [1.54, 1.807) is 0 Å². The van der Waals surface area contributed by atoms with Gasteiger partial charge in [0.05, 0.1) is 0 Å². The average molecular weight is 253 g/mol. The van der Waals surface area contributed by atoms with Gasteiger partial charge in [-0.15, -0.1) is 0 Å². The zero-order valence-corrected chi connectivity index (χ0v) is 11.0. The lowest BCUT2D eigenvalue weighted by atomic mass is 9.76. The predicted molar refractivity (Wildman–Crippen MR) is 69.4 cm³/mol. The van der Waals surface area contributed by atoms with Gasteiger partial charge in [0.2, 0.25) is 0 Å². The Kier molecular flexibility index (Phi) is 4.33. The highest BCUT2D eigenvalue weighted by Gasteiger charge is 2.28. The number of hydrogen-bond acceptors (Lipinski definition) is 1. The minimum atomic E-state index is -0.351. The third-order valence-corrected chi connectivity index (χ3v) is 4.11. The molecule has 1 aromatic carbocycles. The van der Waals surface area contributed by atoms with E-state index >= 15 is 0 Å². The summed E-state index contributed by atoms with van der Waals surface area (Å²) < 4.78 is 26.8. The second-order valence-electron chi connectivity index (χ2n) is 5.51. The van der Waals surface area contributed by atoms with E-state index in [9.17, 15) is 8.78 Å². The minimum Gasteiger partial charge on any atom is -0.317 e. The molecule has 1 nitrogen and oxygen atoms in total. The van der Waals surface area contributed by atoms with Crippen molar-refractivity contribution in [2.24, 2.45) is 11.8 Å². The lowest BCUT2D eigenvalue weighted by Gasteiger charge is -2.35. The van der Waals surface area contributed by atoms with Crippen molar-refractivity contribution in [1.82, 2.24) is 5.32 Å². The molecule has 1 N–H and O–H groups in total. The third kappa shape index (κ3) is 3.08. The molecule has 3 unspecified atom stereocenters. The van der Waals surface area contributed by atoms with E-state index in [-0.39, 0.29) is 11.6 Å². The van der Waals surface area contributed by atoms with E-state index in [1.807, 2.05) is 7.05 Å². The van der Waals surface area contributed by atoms with Gasteiger partial charge in [-0.25, -0.2) is 8.78 Å². The number of benzene rings is 1. The molecule has 2 rings (SSSR count). The molecular formula is C15H21F2N. The maximum Gasteiger partial charge on any atom is 0.126 e. The van der Waals surface area contributed by atoms with Crippen LogP contribution in [0.2, 0.25) is 0 Å². The number of halogens is 2. The Morgan fingerprint density at radius 3 is 2.78 bits per heavy atom. The first-order chi connectivity index (χ1) is 8.60. The summed E-state index contributed by atoms with van der Waals surface area (Å²) in [6, 6.07) is 4.16. The maximum atomic E-state index is 13.7. The van der Waals surface area contributed by atoms with Gasteiger partial charge in [-0.2, -0.15) is 0 Å².